The summed E-state index contributed by atoms with van der Waals surface area (Å²) in [5.74, 6) is -0.506. The lowest BCUT2D eigenvalue weighted by molar-refractivity contribution is -0.126. The fraction of sp³-hybridized carbons (Fsp3) is 0.350. The third-order valence-corrected chi connectivity index (χ3v) is 7.10. The molecule has 0 radical (unpaired) electrons. The van der Waals surface area contributed by atoms with Crippen molar-refractivity contribution in [2.75, 3.05) is 20.2 Å². The van der Waals surface area contributed by atoms with Gasteiger partial charge in [-0.1, -0.05) is 23.7 Å². The second-order valence-corrected chi connectivity index (χ2v) is 9.16. The number of amides is 1. The van der Waals surface area contributed by atoms with Crippen LogP contribution in [0.4, 0.5) is 4.39 Å². The van der Waals surface area contributed by atoms with Crippen molar-refractivity contribution in [1.82, 2.24) is 9.62 Å². The average Bonchev–Trinajstić information content (AvgIpc) is 2.73. The van der Waals surface area contributed by atoms with Gasteiger partial charge in [0.2, 0.25) is 15.9 Å². The second-order valence-electron chi connectivity index (χ2n) is 6.82. The van der Waals surface area contributed by atoms with E-state index in [2.05, 4.69) is 5.32 Å². The first-order valence-corrected chi connectivity index (χ1v) is 11.0. The molecule has 0 unspecified atom stereocenters. The summed E-state index contributed by atoms with van der Waals surface area (Å²) in [7, 11) is -2.38. The molecule has 0 spiro atoms. The molecule has 9 heteroatoms. The van der Waals surface area contributed by atoms with Crippen LogP contribution in [0.25, 0.3) is 0 Å². The van der Waals surface area contributed by atoms with Gasteiger partial charge in [-0.15, -0.1) is 0 Å². The maximum absolute atomic E-state index is 13.0. The van der Waals surface area contributed by atoms with Crippen LogP contribution in [0, 0.1) is 11.7 Å². The molecule has 29 heavy (non-hydrogen) atoms. The topological polar surface area (TPSA) is 75.7 Å². The Kier molecular flexibility index (Phi) is 6.77. The number of carbonyl (C=O) groups excluding carboxylic acids is 1. The van der Waals surface area contributed by atoms with Crippen molar-refractivity contribution in [2.45, 2.75) is 24.3 Å². The molecule has 0 aromatic heterocycles. The molecule has 1 N–H and O–H groups in total. The Morgan fingerprint density at radius 2 is 1.86 bits per heavy atom. The first-order valence-electron chi connectivity index (χ1n) is 9.17. The molecule has 1 aliphatic rings. The van der Waals surface area contributed by atoms with E-state index in [0.717, 1.165) is 5.56 Å². The minimum atomic E-state index is -3.78. The highest BCUT2D eigenvalue weighted by Crippen LogP contribution is 2.31. The monoisotopic (exact) mass is 440 g/mol. The Hall–Kier alpha value is -2.16. The highest BCUT2D eigenvalue weighted by atomic mass is 35.5. The van der Waals surface area contributed by atoms with Gasteiger partial charge in [0.05, 0.1) is 7.11 Å². The number of hydrogen-bond donors (Lipinski definition) is 1. The number of nitrogens with zero attached hydrogens (tertiary/aromatic N) is 1. The lowest BCUT2D eigenvalue weighted by Crippen LogP contribution is -2.42. The van der Waals surface area contributed by atoms with Gasteiger partial charge in [-0.2, -0.15) is 4.31 Å². The van der Waals surface area contributed by atoms with Crippen LogP contribution in [-0.4, -0.2) is 38.8 Å². The molecule has 1 fully saturated rings. The molecular formula is C20H22ClFN2O4S. The molecule has 2 aromatic rings. The fourth-order valence-electron chi connectivity index (χ4n) is 3.29. The van der Waals surface area contributed by atoms with Gasteiger partial charge in [0.25, 0.3) is 0 Å². The first kappa shape index (κ1) is 21.5. The molecule has 3 rings (SSSR count). The molecule has 6 nitrogen and oxygen atoms in total. The minimum absolute atomic E-state index is 0.0201. The van der Waals surface area contributed by atoms with E-state index in [0.29, 0.717) is 24.4 Å². The summed E-state index contributed by atoms with van der Waals surface area (Å²) in [6, 6.07) is 10.4. The third kappa shape index (κ3) is 5.07. The summed E-state index contributed by atoms with van der Waals surface area (Å²) in [5.41, 5.74) is 0.799. The van der Waals surface area contributed by atoms with Gasteiger partial charge >= 0.3 is 0 Å². The van der Waals surface area contributed by atoms with E-state index in [9.17, 15) is 17.6 Å². The molecule has 2 aromatic carbocycles. The molecule has 0 bridgehead atoms. The Balaban J connectivity index is 1.60. The van der Waals surface area contributed by atoms with E-state index in [-0.39, 0.29) is 41.4 Å². The predicted octanol–water partition coefficient (Wildman–Crippen LogP) is 3.20. The standard InChI is InChI=1S/C20H22ClFN2O4S/c1-28-18-7-4-16(21)12-19(18)29(26,27)24-10-8-15(9-11-24)20(25)23-13-14-2-5-17(22)6-3-14/h2-7,12,15H,8-11,13H2,1H3,(H,23,25). The van der Waals surface area contributed by atoms with E-state index in [1.807, 2.05) is 0 Å². The van der Waals surface area contributed by atoms with E-state index < -0.39 is 10.0 Å². The molecular weight excluding hydrogens is 419 g/mol. The number of ether oxygens (including phenoxy) is 1. The van der Waals surface area contributed by atoms with Crippen molar-refractivity contribution < 1.29 is 22.3 Å². The Morgan fingerprint density at radius 1 is 1.21 bits per heavy atom. The SMILES string of the molecule is COc1ccc(Cl)cc1S(=O)(=O)N1CCC(C(=O)NCc2ccc(F)cc2)CC1. The van der Waals surface area contributed by atoms with Gasteiger partial charge in [0.15, 0.2) is 0 Å². The lowest BCUT2D eigenvalue weighted by atomic mass is 9.97. The zero-order valence-electron chi connectivity index (χ0n) is 15.9. The zero-order valence-corrected chi connectivity index (χ0v) is 17.5. The zero-order chi connectivity index (χ0) is 21.0. The smallest absolute Gasteiger partial charge is 0.246 e. The number of hydrogen-bond acceptors (Lipinski definition) is 4. The summed E-state index contributed by atoms with van der Waals surface area (Å²) in [5, 5.41) is 3.14. The Bertz CT molecular complexity index is 974. The average molecular weight is 441 g/mol. The van der Waals surface area contributed by atoms with Crippen LogP contribution in [-0.2, 0) is 21.4 Å². The van der Waals surface area contributed by atoms with Crippen LogP contribution in [0.15, 0.2) is 47.4 Å². The number of carbonyl (C=O) groups is 1. The Morgan fingerprint density at radius 3 is 2.48 bits per heavy atom. The second kappa shape index (κ2) is 9.11. The van der Waals surface area contributed by atoms with E-state index in [1.54, 1.807) is 18.2 Å². The lowest BCUT2D eigenvalue weighted by Gasteiger charge is -2.31. The summed E-state index contributed by atoms with van der Waals surface area (Å²) in [4.78, 5) is 12.4. The van der Waals surface area contributed by atoms with Crippen molar-refractivity contribution >= 4 is 27.5 Å². The summed E-state index contributed by atoms with van der Waals surface area (Å²) in [6.45, 7) is 0.761. The number of nitrogens with one attached hydrogen (secondary N) is 1. The summed E-state index contributed by atoms with van der Waals surface area (Å²) < 4.78 is 45.4. The molecule has 0 atom stereocenters. The predicted molar refractivity (Wildman–Crippen MR) is 108 cm³/mol. The minimum Gasteiger partial charge on any atom is -0.495 e. The van der Waals surface area contributed by atoms with Crippen molar-refractivity contribution in [3.8, 4) is 5.75 Å². The molecule has 1 aliphatic heterocycles. The quantitative estimate of drug-likeness (QED) is 0.748. The summed E-state index contributed by atoms with van der Waals surface area (Å²) >= 11 is 5.97. The highest BCUT2D eigenvalue weighted by molar-refractivity contribution is 7.89. The maximum Gasteiger partial charge on any atom is 0.246 e. The summed E-state index contributed by atoms with van der Waals surface area (Å²) in [6.07, 6.45) is 0.828. The number of benzene rings is 2. The van der Waals surface area contributed by atoms with Crippen LogP contribution >= 0.6 is 11.6 Å². The van der Waals surface area contributed by atoms with Gasteiger partial charge in [0.1, 0.15) is 16.5 Å². The van der Waals surface area contributed by atoms with Crippen molar-refractivity contribution in [2.24, 2.45) is 5.92 Å². The number of methoxy groups -OCH3 is 1. The number of rotatable bonds is 6. The van der Waals surface area contributed by atoms with Gasteiger partial charge < -0.3 is 10.1 Å². The fourth-order valence-corrected chi connectivity index (χ4v) is 5.17. The Labute approximate surface area is 174 Å². The van der Waals surface area contributed by atoms with Crippen LogP contribution < -0.4 is 10.1 Å². The van der Waals surface area contributed by atoms with E-state index in [1.165, 1.54) is 35.7 Å². The molecule has 1 heterocycles. The number of sulfonamides is 1. The highest BCUT2D eigenvalue weighted by Gasteiger charge is 2.33. The van der Waals surface area contributed by atoms with Crippen LogP contribution in [0.3, 0.4) is 0 Å². The third-order valence-electron chi connectivity index (χ3n) is 4.95. The molecule has 1 amide bonds. The molecule has 1 saturated heterocycles. The first-order chi connectivity index (χ1) is 13.8. The molecule has 156 valence electrons. The van der Waals surface area contributed by atoms with Crippen molar-refractivity contribution in [1.29, 1.82) is 0 Å². The molecule has 0 aliphatic carbocycles. The van der Waals surface area contributed by atoms with Gasteiger partial charge in [0, 0.05) is 30.6 Å². The molecule has 0 saturated carbocycles. The van der Waals surface area contributed by atoms with Crippen LogP contribution in [0.1, 0.15) is 18.4 Å². The van der Waals surface area contributed by atoms with Gasteiger partial charge in [-0.25, -0.2) is 12.8 Å². The van der Waals surface area contributed by atoms with Gasteiger partial charge in [-0.05, 0) is 48.7 Å². The maximum atomic E-state index is 13.0. The van der Waals surface area contributed by atoms with E-state index >= 15 is 0 Å². The number of halogens is 2. The number of piperidine rings is 1. The largest absolute Gasteiger partial charge is 0.495 e. The van der Waals surface area contributed by atoms with Crippen molar-refractivity contribution in [3.05, 3.63) is 58.9 Å². The van der Waals surface area contributed by atoms with Crippen LogP contribution in [0.2, 0.25) is 5.02 Å². The van der Waals surface area contributed by atoms with E-state index in [4.69, 9.17) is 16.3 Å². The normalized spacial score (nSPS) is 15.8. The van der Waals surface area contributed by atoms with Crippen LogP contribution in [0.5, 0.6) is 5.75 Å². The van der Waals surface area contributed by atoms with Crippen molar-refractivity contribution in [3.63, 3.8) is 0 Å². The van der Waals surface area contributed by atoms with Gasteiger partial charge in [-0.3, -0.25) is 4.79 Å².